The highest BCUT2D eigenvalue weighted by molar-refractivity contribution is 6.71. The van der Waals surface area contributed by atoms with Gasteiger partial charge in [0.05, 0.1) is 11.3 Å². The van der Waals surface area contributed by atoms with Crippen LogP contribution in [0, 0.1) is 0 Å². The zero-order valence-electron chi connectivity index (χ0n) is 6.22. The molecule has 0 amide bonds. The standard InChI is InChI=1S/C6H7ClF2N2O/c1-11-5(7)3(2-12)4(10)6(8)9/h2,6H,10H2,1H3. The molecule has 3 nitrogen and oxygen atoms in total. The number of allylic oxidation sites excluding steroid dienone is 2. The summed E-state index contributed by atoms with van der Waals surface area (Å²) in [4.78, 5) is 13.6. The summed E-state index contributed by atoms with van der Waals surface area (Å²) in [6, 6.07) is 0. The van der Waals surface area contributed by atoms with Crippen LogP contribution in [0.2, 0.25) is 0 Å². The normalized spacial score (nSPS) is 14.6. The second-order valence-electron chi connectivity index (χ2n) is 1.80. The van der Waals surface area contributed by atoms with Gasteiger partial charge in [-0.1, -0.05) is 11.6 Å². The number of hydrogen-bond donors (Lipinski definition) is 1. The minimum Gasteiger partial charge on any atom is -0.397 e. The summed E-state index contributed by atoms with van der Waals surface area (Å²) in [6.45, 7) is 0. The average Bonchev–Trinajstić information content (AvgIpc) is 2.05. The first-order valence-corrected chi connectivity index (χ1v) is 3.28. The van der Waals surface area contributed by atoms with E-state index in [-0.39, 0.29) is 11.5 Å². The van der Waals surface area contributed by atoms with E-state index in [1.165, 1.54) is 7.05 Å². The molecule has 0 aliphatic heterocycles. The first-order valence-electron chi connectivity index (χ1n) is 2.90. The molecule has 0 spiro atoms. The summed E-state index contributed by atoms with van der Waals surface area (Å²) >= 11 is 5.32. The molecular formula is C6H7ClF2N2O. The topological polar surface area (TPSA) is 55.5 Å². The van der Waals surface area contributed by atoms with E-state index in [0.29, 0.717) is 0 Å². The number of nitrogens with zero attached hydrogens (tertiary/aromatic N) is 1. The number of nitrogens with two attached hydrogens (primary N) is 1. The third-order valence-corrected chi connectivity index (χ3v) is 1.46. The van der Waals surface area contributed by atoms with Gasteiger partial charge in [0.2, 0.25) is 0 Å². The van der Waals surface area contributed by atoms with Gasteiger partial charge < -0.3 is 5.73 Å². The zero-order chi connectivity index (χ0) is 9.72. The highest BCUT2D eigenvalue weighted by atomic mass is 35.5. The van der Waals surface area contributed by atoms with Gasteiger partial charge in [-0.25, -0.2) is 8.78 Å². The fraction of sp³-hybridized carbons (Fsp3) is 0.333. The monoisotopic (exact) mass is 196 g/mol. The Balaban J connectivity index is 4.99. The molecule has 0 unspecified atom stereocenters. The molecular weight excluding hydrogens is 190 g/mol. The summed E-state index contributed by atoms with van der Waals surface area (Å²) in [5.41, 5.74) is 3.56. The Labute approximate surface area is 72.9 Å². The van der Waals surface area contributed by atoms with E-state index < -0.39 is 17.7 Å². The van der Waals surface area contributed by atoms with Gasteiger partial charge in [-0.15, -0.1) is 0 Å². The van der Waals surface area contributed by atoms with E-state index in [9.17, 15) is 13.6 Å². The molecule has 12 heavy (non-hydrogen) atoms. The Kier molecular flexibility index (Phi) is 4.43. The van der Waals surface area contributed by atoms with Gasteiger partial charge in [0.15, 0.2) is 6.29 Å². The predicted octanol–water partition coefficient (Wildman–Crippen LogP) is 0.930. The molecule has 0 rings (SSSR count). The zero-order valence-corrected chi connectivity index (χ0v) is 6.98. The Morgan fingerprint density at radius 1 is 1.67 bits per heavy atom. The van der Waals surface area contributed by atoms with Crippen LogP contribution in [-0.2, 0) is 4.79 Å². The van der Waals surface area contributed by atoms with E-state index >= 15 is 0 Å². The number of hydrogen-bond acceptors (Lipinski definition) is 3. The van der Waals surface area contributed by atoms with Crippen LogP contribution in [0.4, 0.5) is 8.78 Å². The molecule has 0 aromatic carbocycles. The Morgan fingerprint density at radius 3 is 2.42 bits per heavy atom. The van der Waals surface area contributed by atoms with Gasteiger partial charge in [0.25, 0.3) is 6.43 Å². The first kappa shape index (κ1) is 11.0. The molecule has 0 aromatic rings. The van der Waals surface area contributed by atoms with Crippen LogP contribution in [0.1, 0.15) is 0 Å². The summed E-state index contributed by atoms with van der Waals surface area (Å²) < 4.78 is 23.8. The molecule has 0 heterocycles. The second kappa shape index (κ2) is 4.82. The maximum absolute atomic E-state index is 11.9. The van der Waals surface area contributed by atoms with Crippen molar-refractivity contribution in [3.63, 3.8) is 0 Å². The van der Waals surface area contributed by atoms with Gasteiger partial charge in [-0.05, 0) is 0 Å². The number of aldehydes is 1. The lowest BCUT2D eigenvalue weighted by molar-refractivity contribution is -0.104. The highest BCUT2D eigenvalue weighted by Crippen LogP contribution is 2.10. The summed E-state index contributed by atoms with van der Waals surface area (Å²) in [5.74, 6) is 0. The van der Waals surface area contributed by atoms with Crippen molar-refractivity contribution >= 4 is 23.1 Å². The Morgan fingerprint density at radius 2 is 2.17 bits per heavy atom. The molecule has 0 atom stereocenters. The van der Waals surface area contributed by atoms with Gasteiger partial charge in [-0.2, -0.15) is 0 Å². The molecule has 0 aliphatic rings. The minimum atomic E-state index is -2.90. The quantitative estimate of drug-likeness (QED) is 0.415. The van der Waals surface area contributed by atoms with Crippen molar-refractivity contribution in [3.05, 3.63) is 11.3 Å². The van der Waals surface area contributed by atoms with Crippen LogP contribution in [0.25, 0.3) is 0 Å². The van der Waals surface area contributed by atoms with E-state index in [1.54, 1.807) is 0 Å². The van der Waals surface area contributed by atoms with Crippen molar-refractivity contribution in [2.45, 2.75) is 6.43 Å². The summed E-state index contributed by atoms with van der Waals surface area (Å²) in [7, 11) is 1.27. The molecule has 0 fully saturated rings. The van der Waals surface area contributed by atoms with Crippen LogP contribution < -0.4 is 5.73 Å². The highest BCUT2D eigenvalue weighted by Gasteiger charge is 2.15. The van der Waals surface area contributed by atoms with Crippen LogP contribution in [0.5, 0.6) is 0 Å². The fourth-order valence-corrected chi connectivity index (χ4v) is 0.627. The summed E-state index contributed by atoms with van der Waals surface area (Å²) in [6.07, 6.45) is -2.75. The molecule has 0 bridgehead atoms. The lowest BCUT2D eigenvalue weighted by atomic mass is 10.2. The number of alkyl halides is 2. The molecule has 68 valence electrons. The summed E-state index contributed by atoms with van der Waals surface area (Å²) in [5, 5.41) is -0.317. The molecule has 0 radical (unpaired) electrons. The van der Waals surface area contributed by atoms with Crippen molar-refractivity contribution in [2.24, 2.45) is 10.7 Å². The van der Waals surface area contributed by atoms with E-state index in [1.807, 2.05) is 0 Å². The van der Waals surface area contributed by atoms with E-state index in [0.717, 1.165) is 0 Å². The smallest absolute Gasteiger partial charge is 0.278 e. The van der Waals surface area contributed by atoms with Crippen LogP contribution in [-0.4, -0.2) is 24.9 Å². The van der Waals surface area contributed by atoms with Crippen LogP contribution >= 0.6 is 11.6 Å². The predicted molar refractivity (Wildman–Crippen MR) is 42.5 cm³/mol. The lowest BCUT2D eigenvalue weighted by Crippen LogP contribution is -2.15. The number of aliphatic imine (C=N–C) groups is 1. The largest absolute Gasteiger partial charge is 0.397 e. The van der Waals surface area contributed by atoms with Gasteiger partial charge in [-0.3, -0.25) is 9.79 Å². The van der Waals surface area contributed by atoms with Crippen molar-refractivity contribution < 1.29 is 13.6 Å². The van der Waals surface area contributed by atoms with Crippen LogP contribution in [0.15, 0.2) is 16.3 Å². The SMILES string of the molecule is CN=C(Cl)C(C=O)=C(N)C(F)F. The average molecular weight is 197 g/mol. The van der Waals surface area contributed by atoms with Gasteiger partial charge in [0.1, 0.15) is 5.17 Å². The minimum absolute atomic E-state index is 0.150. The van der Waals surface area contributed by atoms with Crippen molar-refractivity contribution in [1.29, 1.82) is 0 Å². The van der Waals surface area contributed by atoms with Gasteiger partial charge in [0, 0.05) is 7.05 Å². The van der Waals surface area contributed by atoms with Crippen molar-refractivity contribution in [3.8, 4) is 0 Å². The van der Waals surface area contributed by atoms with E-state index in [2.05, 4.69) is 4.99 Å². The maximum atomic E-state index is 11.9. The number of halogens is 3. The molecule has 6 heteroatoms. The van der Waals surface area contributed by atoms with E-state index in [4.69, 9.17) is 17.3 Å². The van der Waals surface area contributed by atoms with Crippen molar-refractivity contribution in [2.75, 3.05) is 7.05 Å². The Hall–Kier alpha value is -0.970. The molecule has 0 saturated heterocycles. The number of carbonyl (C=O) groups is 1. The van der Waals surface area contributed by atoms with Crippen molar-refractivity contribution in [1.82, 2.24) is 0 Å². The molecule has 0 aromatic heterocycles. The molecule has 0 aliphatic carbocycles. The van der Waals surface area contributed by atoms with Gasteiger partial charge >= 0.3 is 0 Å². The fourth-order valence-electron chi connectivity index (χ4n) is 0.474. The first-order chi connectivity index (χ1) is 5.54. The maximum Gasteiger partial charge on any atom is 0.278 e. The molecule has 2 N–H and O–H groups in total. The Bertz CT molecular complexity index is 238. The van der Waals surface area contributed by atoms with Crippen LogP contribution in [0.3, 0.4) is 0 Å². The third kappa shape index (κ3) is 2.58. The molecule has 0 saturated carbocycles. The second-order valence-corrected chi connectivity index (χ2v) is 2.16. The number of rotatable bonds is 3. The lowest BCUT2D eigenvalue weighted by Gasteiger charge is -2.02. The number of carbonyl (C=O) groups excluding carboxylic acids is 1. The third-order valence-electron chi connectivity index (χ3n) is 1.08.